The van der Waals surface area contributed by atoms with Crippen LogP contribution in [0.5, 0.6) is 5.88 Å². The highest BCUT2D eigenvalue weighted by Crippen LogP contribution is 2.23. The van der Waals surface area contributed by atoms with Gasteiger partial charge in [0.2, 0.25) is 5.88 Å². The number of aryl methyl sites for hydroxylation is 1. The van der Waals surface area contributed by atoms with Crippen LogP contribution in [0.4, 0.5) is 0 Å². The molecule has 0 radical (unpaired) electrons. The highest BCUT2D eigenvalue weighted by atomic mass is 16.5. The van der Waals surface area contributed by atoms with Gasteiger partial charge in [-0.3, -0.25) is 0 Å². The van der Waals surface area contributed by atoms with Gasteiger partial charge in [-0.1, -0.05) is 13.8 Å². The third-order valence-electron chi connectivity index (χ3n) is 2.27. The van der Waals surface area contributed by atoms with Gasteiger partial charge in [0.25, 0.3) is 0 Å². The van der Waals surface area contributed by atoms with E-state index in [2.05, 4.69) is 30.1 Å². The van der Waals surface area contributed by atoms with Gasteiger partial charge >= 0.3 is 0 Å². The molecule has 0 aliphatic carbocycles. The van der Waals surface area contributed by atoms with Crippen molar-refractivity contribution in [3.63, 3.8) is 0 Å². The highest BCUT2D eigenvalue weighted by Gasteiger charge is 2.13. The first kappa shape index (κ1) is 8.48. The molecule has 3 nitrogen and oxygen atoms in total. The van der Waals surface area contributed by atoms with Crippen LogP contribution < -0.4 is 4.74 Å². The van der Waals surface area contributed by atoms with E-state index in [9.17, 15) is 0 Å². The highest BCUT2D eigenvalue weighted by molar-refractivity contribution is 5.28. The Morgan fingerprint density at radius 1 is 1.38 bits per heavy atom. The number of hydrogen-bond donors (Lipinski definition) is 0. The molecule has 1 aromatic rings. The van der Waals surface area contributed by atoms with Crippen molar-refractivity contribution in [1.82, 2.24) is 10.2 Å². The number of hydrogen-bond acceptors (Lipinski definition) is 3. The van der Waals surface area contributed by atoms with Crippen molar-refractivity contribution in [3.05, 3.63) is 17.3 Å². The Balaban J connectivity index is 2.35. The molecule has 70 valence electrons. The zero-order valence-corrected chi connectivity index (χ0v) is 8.08. The average molecular weight is 178 g/mol. The van der Waals surface area contributed by atoms with E-state index < -0.39 is 0 Å². The van der Waals surface area contributed by atoms with Gasteiger partial charge in [-0.25, -0.2) is 0 Å². The molecule has 1 aromatic heterocycles. The summed E-state index contributed by atoms with van der Waals surface area (Å²) in [5, 5.41) is 8.18. The molecule has 0 bridgehead atoms. The maximum absolute atomic E-state index is 5.38. The van der Waals surface area contributed by atoms with Crippen LogP contribution in [-0.4, -0.2) is 16.8 Å². The van der Waals surface area contributed by atoms with E-state index in [-0.39, 0.29) is 0 Å². The summed E-state index contributed by atoms with van der Waals surface area (Å²) in [5.41, 5.74) is 2.27. The molecule has 0 spiro atoms. The standard InChI is InChI=1S/C10H14N2O/c1-7(2)9-6-8-4-3-5-13-10(8)12-11-9/h6-7H,3-5H2,1-2H3. The Morgan fingerprint density at radius 3 is 3.00 bits per heavy atom. The summed E-state index contributed by atoms with van der Waals surface area (Å²) >= 11 is 0. The monoisotopic (exact) mass is 178 g/mol. The molecule has 0 N–H and O–H groups in total. The van der Waals surface area contributed by atoms with Crippen molar-refractivity contribution in [2.24, 2.45) is 0 Å². The van der Waals surface area contributed by atoms with Gasteiger partial charge in [-0.2, -0.15) is 5.10 Å². The van der Waals surface area contributed by atoms with Crippen molar-refractivity contribution in [1.29, 1.82) is 0 Å². The molecule has 0 amide bonds. The lowest BCUT2D eigenvalue weighted by Gasteiger charge is -2.16. The van der Waals surface area contributed by atoms with Crippen LogP contribution in [0.1, 0.15) is 37.4 Å². The summed E-state index contributed by atoms with van der Waals surface area (Å²) in [6.45, 7) is 5.03. The Hall–Kier alpha value is -1.12. The van der Waals surface area contributed by atoms with Gasteiger partial charge in [0, 0.05) is 5.56 Å². The summed E-state index contributed by atoms with van der Waals surface area (Å²) in [5.74, 6) is 1.18. The second-order valence-electron chi connectivity index (χ2n) is 3.71. The van der Waals surface area contributed by atoms with E-state index in [0.717, 1.165) is 31.0 Å². The van der Waals surface area contributed by atoms with E-state index >= 15 is 0 Å². The summed E-state index contributed by atoms with van der Waals surface area (Å²) in [6, 6.07) is 2.12. The van der Waals surface area contributed by atoms with E-state index in [1.54, 1.807) is 0 Å². The number of nitrogens with zero attached hydrogens (tertiary/aromatic N) is 2. The van der Waals surface area contributed by atoms with Crippen LogP contribution >= 0.6 is 0 Å². The SMILES string of the molecule is CC(C)c1cc2c(nn1)OCCC2. The predicted molar refractivity (Wildman–Crippen MR) is 49.9 cm³/mol. The van der Waals surface area contributed by atoms with Crippen molar-refractivity contribution < 1.29 is 4.74 Å². The molecule has 1 aliphatic rings. The first-order valence-electron chi connectivity index (χ1n) is 4.76. The molecule has 3 heteroatoms. The first-order chi connectivity index (χ1) is 6.27. The van der Waals surface area contributed by atoms with Gasteiger partial charge in [-0.15, -0.1) is 5.10 Å². The summed E-state index contributed by atoms with van der Waals surface area (Å²) in [7, 11) is 0. The molecule has 0 unspecified atom stereocenters. The van der Waals surface area contributed by atoms with Crippen molar-refractivity contribution >= 4 is 0 Å². The molecule has 2 heterocycles. The minimum atomic E-state index is 0.444. The van der Waals surface area contributed by atoms with Crippen molar-refractivity contribution in [2.75, 3.05) is 6.61 Å². The van der Waals surface area contributed by atoms with Gasteiger partial charge in [-0.05, 0) is 24.8 Å². The third-order valence-corrected chi connectivity index (χ3v) is 2.27. The molecule has 13 heavy (non-hydrogen) atoms. The number of aromatic nitrogens is 2. The van der Waals surface area contributed by atoms with Gasteiger partial charge in [0.1, 0.15) is 0 Å². The van der Waals surface area contributed by atoms with Gasteiger partial charge in [0.15, 0.2) is 0 Å². The quantitative estimate of drug-likeness (QED) is 0.659. The summed E-state index contributed by atoms with van der Waals surface area (Å²) < 4.78 is 5.38. The molecule has 0 fully saturated rings. The second kappa shape index (κ2) is 3.32. The minimum absolute atomic E-state index is 0.444. The van der Waals surface area contributed by atoms with Crippen LogP contribution in [0.2, 0.25) is 0 Å². The molecule has 0 aromatic carbocycles. The Morgan fingerprint density at radius 2 is 2.23 bits per heavy atom. The second-order valence-corrected chi connectivity index (χ2v) is 3.71. The normalized spacial score (nSPS) is 15.3. The molecule has 1 aliphatic heterocycles. The lowest BCUT2D eigenvalue weighted by atomic mass is 10.1. The summed E-state index contributed by atoms with van der Waals surface area (Å²) in [6.07, 6.45) is 2.17. The first-order valence-corrected chi connectivity index (χ1v) is 4.76. The number of rotatable bonds is 1. The molecule has 0 saturated heterocycles. The average Bonchev–Trinajstić information content (AvgIpc) is 2.17. The Bertz CT molecular complexity index is 310. The maximum atomic E-state index is 5.38. The fraction of sp³-hybridized carbons (Fsp3) is 0.600. The minimum Gasteiger partial charge on any atom is -0.476 e. The van der Waals surface area contributed by atoms with Crippen LogP contribution in [0.3, 0.4) is 0 Å². The largest absolute Gasteiger partial charge is 0.476 e. The molecule has 0 saturated carbocycles. The smallest absolute Gasteiger partial charge is 0.236 e. The van der Waals surface area contributed by atoms with E-state index in [0.29, 0.717) is 5.92 Å². The summed E-state index contributed by atoms with van der Waals surface area (Å²) in [4.78, 5) is 0. The number of ether oxygens (including phenoxy) is 1. The Labute approximate surface area is 78.1 Å². The van der Waals surface area contributed by atoms with Crippen molar-refractivity contribution in [2.45, 2.75) is 32.6 Å². The fourth-order valence-corrected chi connectivity index (χ4v) is 1.45. The lowest BCUT2D eigenvalue weighted by molar-refractivity contribution is 0.272. The van der Waals surface area contributed by atoms with Gasteiger partial charge < -0.3 is 4.74 Å². The van der Waals surface area contributed by atoms with Crippen LogP contribution in [-0.2, 0) is 6.42 Å². The van der Waals surface area contributed by atoms with E-state index in [1.807, 2.05) is 0 Å². The zero-order chi connectivity index (χ0) is 9.26. The maximum Gasteiger partial charge on any atom is 0.236 e. The molecule has 0 atom stereocenters. The molecule has 2 rings (SSSR count). The van der Waals surface area contributed by atoms with E-state index in [1.165, 1.54) is 5.56 Å². The lowest BCUT2D eigenvalue weighted by Crippen LogP contribution is -2.12. The fourth-order valence-electron chi connectivity index (χ4n) is 1.45. The molecular weight excluding hydrogens is 164 g/mol. The molecular formula is C10H14N2O. The Kier molecular flexibility index (Phi) is 2.17. The van der Waals surface area contributed by atoms with Crippen LogP contribution in [0.25, 0.3) is 0 Å². The third kappa shape index (κ3) is 1.64. The number of fused-ring (bicyclic) bond motifs is 1. The predicted octanol–water partition coefficient (Wildman–Crippen LogP) is 1.92. The van der Waals surface area contributed by atoms with Crippen molar-refractivity contribution in [3.8, 4) is 5.88 Å². The van der Waals surface area contributed by atoms with Gasteiger partial charge in [0.05, 0.1) is 12.3 Å². The topological polar surface area (TPSA) is 35.0 Å². The zero-order valence-electron chi connectivity index (χ0n) is 8.08. The van der Waals surface area contributed by atoms with E-state index in [4.69, 9.17) is 4.74 Å². The van der Waals surface area contributed by atoms with Crippen LogP contribution in [0, 0.1) is 0 Å². The van der Waals surface area contributed by atoms with Crippen LogP contribution in [0.15, 0.2) is 6.07 Å².